The number of hydrogen-bond donors (Lipinski definition) is 3. The van der Waals surface area contributed by atoms with Crippen molar-refractivity contribution in [1.29, 1.82) is 0 Å². The number of hydrogen-bond acceptors (Lipinski definition) is 3. The highest BCUT2D eigenvalue weighted by atomic mass is 16.4. The molecule has 2 aliphatic rings. The van der Waals surface area contributed by atoms with Crippen LogP contribution >= 0.6 is 0 Å². The maximum Gasteiger partial charge on any atom is 0.326 e. The van der Waals surface area contributed by atoms with Crippen LogP contribution in [0, 0.1) is 0 Å². The molecule has 3 atom stereocenters. The van der Waals surface area contributed by atoms with Crippen molar-refractivity contribution < 1.29 is 19.8 Å². The first-order chi connectivity index (χ1) is 9.52. The highest BCUT2D eigenvalue weighted by molar-refractivity contribution is 5.83. The Balaban J connectivity index is 1.95. The molecule has 6 nitrogen and oxygen atoms in total. The number of carbonyl (C=O) groups excluding carboxylic acids is 1. The first-order valence-electron chi connectivity index (χ1n) is 7.52. The molecule has 2 amide bonds. The van der Waals surface area contributed by atoms with Gasteiger partial charge >= 0.3 is 12.0 Å². The van der Waals surface area contributed by atoms with Crippen LogP contribution in [-0.4, -0.2) is 51.3 Å². The summed E-state index contributed by atoms with van der Waals surface area (Å²) in [5, 5.41) is 21.5. The van der Waals surface area contributed by atoms with Crippen molar-refractivity contribution >= 4 is 12.0 Å². The van der Waals surface area contributed by atoms with E-state index in [0.717, 1.165) is 25.7 Å². The lowest BCUT2D eigenvalue weighted by Gasteiger charge is -2.37. The fourth-order valence-electron chi connectivity index (χ4n) is 3.37. The van der Waals surface area contributed by atoms with E-state index in [1.54, 1.807) is 4.90 Å². The molecule has 0 spiro atoms. The van der Waals surface area contributed by atoms with Gasteiger partial charge in [-0.3, -0.25) is 0 Å². The van der Waals surface area contributed by atoms with Crippen molar-refractivity contribution in [3.05, 3.63) is 0 Å². The maximum absolute atomic E-state index is 12.3. The number of urea groups is 1. The standard InChI is InChI=1S/C14H24N2O4/c1-2-3-4-12(13(18)19)15-14(20)16-9-5-6-10(16)8-11(17)7-9/h9-12,17H,2-8H2,1H3,(H,15,20)(H,18,19). The molecule has 2 heterocycles. The lowest BCUT2D eigenvalue weighted by molar-refractivity contribution is -0.139. The average molecular weight is 284 g/mol. The molecule has 2 bridgehead atoms. The van der Waals surface area contributed by atoms with Crippen molar-refractivity contribution in [3.63, 3.8) is 0 Å². The summed E-state index contributed by atoms with van der Waals surface area (Å²) in [5.41, 5.74) is 0. The number of unbranched alkanes of at least 4 members (excludes halogenated alkanes) is 1. The molecular weight excluding hydrogens is 260 g/mol. The number of aliphatic hydroxyl groups is 1. The number of aliphatic hydroxyl groups excluding tert-OH is 1. The van der Waals surface area contributed by atoms with Crippen LogP contribution in [0.5, 0.6) is 0 Å². The first-order valence-corrected chi connectivity index (χ1v) is 7.52. The summed E-state index contributed by atoms with van der Waals surface area (Å²) >= 11 is 0. The fourth-order valence-corrected chi connectivity index (χ4v) is 3.37. The van der Waals surface area contributed by atoms with E-state index >= 15 is 0 Å². The molecule has 0 aromatic rings. The summed E-state index contributed by atoms with van der Waals surface area (Å²) in [5.74, 6) is -0.976. The minimum Gasteiger partial charge on any atom is -0.480 e. The van der Waals surface area contributed by atoms with Gasteiger partial charge in [-0.25, -0.2) is 9.59 Å². The summed E-state index contributed by atoms with van der Waals surface area (Å²) in [4.78, 5) is 25.3. The topological polar surface area (TPSA) is 89.9 Å². The zero-order valence-corrected chi connectivity index (χ0v) is 11.9. The molecule has 6 heteroatoms. The smallest absolute Gasteiger partial charge is 0.326 e. The zero-order valence-electron chi connectivity index (χ0n) is 11.9. The summed E-state index contributed by atoms with van der Waals surface area (Å²) in [7, 11) is 0. The van der Waals surface area contributed by atoms with Gasteiger partial charge in [0.05, 0.1) is 6.10 Å². The molecule has 0 saturated carbocycles. The van der Waals surface area contributed by atoms with Gasteiger partial charge in [-0.05, 0) is 32.1 Å². The Morgan fingerprint density at radius 3 is 2.40 bits per heavy atom. The van der Waals surface area contributed by atoms with Crippen LogP contribution in [0.15, 0.2) is 0 Å². The fraction of sp³-hybridized carbons (Fsp3) is 0.857. The molecule has 2 fully saturated rings. The van der Waals surface area contributed by atoms with Gasteiger partial charge in [0.15, 0.2) is 0 Å². The number of nitrogens with zero attached hydrogens (tertiary/aromatic N) is 1. The van der Waals surface area contributed by atoms with E-state index in [9.17, 15) is 14.7 Å². The Morgan fingerprint density at radius 1 is 1.30 bits per heavy atom. The van der Waals surface area contributed by atoms with Crippen LogP contribution in [0.2, 0.25) is 0 Å². The Hall–Kier alpha value is -1.30. The van der Waals surface area contributed by atoms with Crippen molar-refractivity contribution in [3.8, 4) is 0 Å². The molecule has 2 aliphatic heterocycles. The summed E-state index contributed by atoms with van der Waals surface area (Å²) in [6, 6.07) is -0.977. The third-order valence-electron chi connectivity index (χ3n) is 4.38. The Kier molecular flexibility index (Phi) is 4.86. The predicted octanol–water partition coefficient (Wildman–Crippen LogP) is 1.33. The van der Waals surface area contributed by atoms with Gasteiger partial charge in [-0.15, -0.1) is 0 Å². The number of aliphatic carboxylic acids is 1. The highest BCUT2D eigenvalue weighted by Crippen LogP contribution is 2.35. The number of amides is 2. The normalized spacial score (nSPS) is 30.1. The molecule has 0 aromatic heterocycles. The minimum absolute atomic E-state index is 0.0596. The molecule has 2 saturated heterocycles. The summed E-state index contributed by atoms with van der Waals surface area (Å²) in [6.07, 6.45) is 4.84. The number of piperidine rings is 1. The van der Waals surface area contributed by atoms with Crippen molar-refractivity contribution in [2.75, 3.05) is 0 Å². The van der Waals surface area contributed by atoms with E-state index in [0.29, 0.717) is 19.3 Å². The number of rotatable bonds is 5. The van der Waals surface area contributed by atoms with Crippen LogP contribution < -0.4 is 5.32 Å². The highest BCUT2D eigenvalue weighted by Gasteiger charge is 2.43. The lowest BCUT2D eigenvalue weighted by Crippen LogP contribution is -2.55. The van der Waals surface area contributed by atoms with Crippen molar-refractivity contribution in [2.45, 2.75) is 76.1 Å². The van der Waals surface area contributed by atoms with Gasteiger partial charge in [0.1, 0.15) is 6.04 Å². The Morgan fingerprint density at radius 2 is 1.90 bits per heavy atom. The predicted molar refractivity (Wildman–Crippen MR) is 73.4 cm³/mol. The largest absolute Gasteiger partial charge is 0.480 e. The minimum atomic E-state index is -0.976. The van der Waals surface area contributed by atoms with E-state index < -0.39 is 12.0 Å². The zero-order chi connectivity index (χ0) is 14.7. The van der Waals surface area contributed by atoms with Gasteiger partial charge < -0.3 is 20.4 Å². The van der Waals surface area contributed by atoms with Crippen molar-refractivity contribution in [1.82, 2.24) is 10.2 Å². The van der Waals surface area contributed by atoms with E-state index in [2.05, 4.69) is 5.32 Å². The number of fused-ring (bicyclic) bond motifs is 2. The van der Waals surface area contributed by atoms with Crippen LogP contribution in [0.1, 0.15) is 51.9 Å². The molecule has 20 heavy (non-hydrogen) atoms. The van der Waals surface area contributed by atoms with Crippen LogP contribution in [-0.2, 0) is 4.79 Å². The molecule has 114 valence electrons. The number of carboxylic acids is 1. The SMILES string of the molecule is CCCCC(NC(=O)N1C2CCC1CC(O)C2)C(=O)O. The molecule has 0 aromatic carbocycles. The maximum atomic E-state index is 12.3. The van der Waals surface area contributed by atoms with E-state index in [1.165, 1.54) is 0 Å². The van der Waals surface area contributed by atoms with E-state index in [4.69, 9.17) is 5.11 Å². The second-order valence-electron chi connectivity index (χ2n) is 5.90. The number of carboxylic acid groups (broad SMARTS) is 1. The monoisotopic (exact) mass is 284 g/mol. The van der Waals surface area contributed by atoms with Crippen LogP contribution in [0.4, 0.5) is 4.79 Å². The Labute approximate surface area is 119 Å². The molecule has 3 N–H and O–H groups in total. The second kappa shape index (κ2) is 6.43. The van der Waals surface area contributed by atoms with Gasteiger partial charge in [0.25, 0.3) is 0 Å². The van der Waals surface area contributed by atoms with Crippen LogP contribution in [0.3, 0.4) is 0 Å². The first kappa shape index (κ1) is 15.1. The lowest BCUT2D eigenvalue weighted by atomic mass is 10.0. The van der Waals surface area contributed by atoms with Gasteiger partial charge in [0.2, 0.25) is 0 Å². The average Bonchev–Trinajstić information content (AvgIpc) is 2.66. The van der Waals surface area contributed by atoms with E-state index in [1.807, 2.05) is 6.92 Å². The summed E-state index contributed by atoms with van der Waals surface area (Å²) < 4.78 is 0. The van der Waals surface area contributed by atoms with Gasteiger partial charge in [-0.2, -0.15) is 0 Å². The number of carbonyl (C=O) groups is 2. The van der Waals surface area contributed by atoms with Crippen LogP contribution in [0.25, 0.3) is 0 Å². The number of nitrogens with one attached hydrogen (secondary N) is 1. The third-order valence-corrected chi connectivity index (χ3v) is 4.38. The molecule has 0 radical (unpaired) electrons. The quantitative estimate of drug-likeness (QED) is 0.710. The molecule has 2 rings (SSSR count). The van der Waals surface area contributed by atoms with Gasteiger partial charge in [-0.1, -0.05) is 19.8 Å². The molecule has 3 unspecified atom stereocenters. The summed E-state index contributed by atoms with van der Waals surface area (Å²) in [6.45, 7) is 1.99. The molecular formula is C14H24N2O4. The third kappa shape index (κ3) is 3.23. The van der Waals surface area contributed by atoms with E-state index in [-0.39, 0.29) is 24.2 Å². The van der Waals surface area contributed by atoms with Gasteiger partial charge in [0, 0.05) is 12.1 Å². The molecule has 0 aliphatic carbocycles. The Bertz CT molecular complexity index is 360. The van der Waals surface area contributed by atoms with Crippen molar-refractivity contribution in [2.24, 2.45) is 0 Å². The second-order valence-corrected chi connectivity index (χ2v) is 5.90.